The Labute approximate surface area is 177 Å². The summed E-state index contributed by atoms with van der Waals surface area (Å²) in [5.74, 6) is -0.453. The number of anilines is 1. The van der Waals surface area contributed by atoms with Gasteiger partial charge in [0, 0.05) is 29.1 Å². The third-order valence-corrected chi connectivity index (χ3v) is 4.92. The van der Waals surface area contributed by atoms with Crippen molar-refractivity contribution in [2.75, 3.05) is 5.32 Å². The van der Waals surface area contributed by atoms with Gasteiger partial charge in [-0.15, -0.1) is 0 Å². The number of amides is 1. The van der Waals surface area contributed by atoms with Gasteiger partial charge in [0.1, 0.15) is 5.82 Å². The number of rotatable bonds is 4. The zero-order chi connectivity index (χ0) is 21.2. The molecule has 5 rings (SSSR count). The van der Waals surface area contributed by atoms with Gasteiger partial charge in [0.15, 0.2) is 11.5 Å². The van der Waals surface area contributed by atoms with E-state index in [1.807, 2.05) is 77.5 Å². The van der Waals surface area contributed by atoms with Crippen molar-refractivity contribution in [2.24, 2.45) is 0 Å². The molecule has 1 amide bonds. The quantitative estimate of drug-likeness (QED) is 0.430. The molecule has 0 aliphatic carbocycles. The molecule has 0 fully saturated rings. The summed E-state index contributed by atoms with van der Waals surface area (Å²) in [5.41, 5.74) is 4.19. The molecule has 0 spiro atoms. The van der Waals surface area contributed by atoms with Crippen molar-refractivity contribution in [1.82, 2.24) is 14.4 Å². The first-order valence-corrected chi connectivity index (χ1v) is 9.75. The predicted octanol–water partition coefficient (Wildman–Crippen LogP) is 5.45. The van der Waals surface area contributed by atoms with E-state index in [4.69, 9.17) is 4.98 Å². The predicted molar refractivity (Wildman–Crippen MR) is 118 cm³/mol. The van der Waals surface area contributed by atoms with Gasteiger partial charge >= 0.3 is 0 Å². The molecule has 1 N–H and O–H groups in total. The topological polar surface area (TPSA) is 59.3 Å². The van der Waals surface area contributed by atoms with E-state index >= 15 is 0 Å². The fraction of sp³-hybridized carbons (Fsp3) is 0. The highest BCUT2D eigenvalue weighted by molar-refractivity contribution is 6.05. The molecular formula is C25H17FN4O. The number of carbonyl (C=O) groups excluding carboxylic acids is 1. The average molecular weight is 408 g/mol. The van der Waals surface area contributed by atoms with Crippen molar-refractivity contribution < 1.29 is 9.18 Å². The second kappa shape index (κ2) is 7.84. The highest BCUT2D eigenvalue weighted by atomic mass is 19.1. The number of nitrogens with one attached hydrogen (secondary N) is 1. The molecule has 0 unspecified atom stereocenters. The Morgan fingerprint density at radius 2 is 1.29 bits per heavy atom. The van der Waals surface area contributed by atoms with Crippen LogP contribution in [0.1, 0.15) is 10.4 Å². The highest BCUT2D eigenvalue weighted by Gasteiger charge is 2.16. The van der Waals surface area contributed by atoms with Crippen LogP contribution < -0.4 is 5.32 Å². The maximum atomic E-state index is 13.2. The van der Waals surface area contributed by atoms with Crippen molar-refractivity contribution >= 4 is 17.4 Å². The van der Waals surface area contributed by atoms with Crippen molar-refractivity contribution in [1.29, 1.82) is 0 Å². The van der Waals surface area contributed by atoms with Gasteiger partial charge in [0.05, 0.1) is 11.4 Å². The highest BCUT2D eigenvalue weighted by Crippen LogP contribution is 2.26. The molecule has 2 heterocycles. The number of fused-ring (bicyclic) bond motifs is 1. The molecule has 0 bridgehead atoms. The van der Waals surface area contributed by atoms with Gasteiger partial charge in [0.25, 0.3) is 5.91 Å². The molecule has 3 aromatic carbocycles. The van der Waals surface area contributed by atoms with Gasteiger partial charge in [0.2, 0.25) is 0 Å². The molecule has 0 saturated carbocycles. The summed E-state index contributed by atoms with van der Waals surface area (Å²) in [6.45, 7) is 0. The number of hydrogen-bond donors (Lipinski definition) is 1. The third kappa shape index (κ3) is 3.79. The van der Waals surface area contributed by atoms with E-state index in [1.54, 1.807) is 0 Å². The largest absolute Gasteiger partial charge is 0.303 e. The molecule has 0 aliphatic rings. The summed E-state index contributed by atoms with van der Waals surface area (Å²) in [6.07, 6.45) is 3.80. The lowest BCUT2D eigenvalue weighted by Gasteiger charge is -2.09. The van der Waals surface area contributed by atoms with Crippen molar-refractivity contribution in [3.63, 3.8) is 0 Å². The van der Waals surface area contributed by atoms with Crippen LogP contribution in [-0.2, 0) is 0 Å². The second-order valence-corrected chi connectivity index (χ2v) is 7.02. The van der Waals surface area contributed by atoms with Crippen LogP contribution in [0.3, 0.4) is 0 Å². The smallest absolute Gasteiger partial charge is 0.256 e. The minimum Gasteiger partial charge on any atom is -0.303 e. The number of nitrogens with zero attached hydrogens (tertiary/aromatic N) is 3. The summed E-state index contributed by atoms with van der Waals surface area (Å²) in [5, 5.41) is 2.84. The van der Waals surface area contributed by atoms with Gasteiger partial charge in [-0.25, -0.2) is 14.4 Å². The Kier molecular flexibility index (Phi) is 4.72. The average Bonchev–Trinajstić information content (AvgIpc) is 3.25. The monoisotopic (exact) mass is 408 g/mol. The third-order valence-electron chi connectivity index (χ3n) is 4.92. The Morgan fingerprint density at radius 1 is 0.742 bits per heavy atom. The molecule has 0 radical (unpaired) electrons. The van der Waals surface area contributed by atoms with Gasteiger partial charge in [-0.05, 0) is 24.3 Å². The summed E-state index contributed by atoms with van der Waals surface area (Å²) in [4.78, 5) is 22.2. The molecule has 0 atom stereocenters. The molecule has 5 aromatic rings. The maximum absolute atomic E-state index is 13.2. The van der Waals surface area contributed by atoms with E-state index in [2.05, 4.69) is 10.3 Å². The first kappa shape index (κ1) is 18.7. The Balaban J connectivity index is 1.62. The molecular weight excluding hydrogens is 391 g/mol. The van der Waals surface area contributed by atoms with Crippen LogP contribution in [0.15, 0.2) is 97.3 Å². The summed E-state index contributed by atoms with van der Waals surface area (Å²) >= 11 is 0. The first-order valence-electron chi connectivity index (χ1n) is 9.75. The lowest BCUT2D eigenvalue weighted by Crippen LogP contribution is -2.14. The van der Waals surface area contributed by atoms with Crippen molar-refractivity contribution in [3.8, 4) is 22.5 Å². The van der Waals surface area contributed by atoms with E-state index < -0.39 is 5.82 Å². The van der Waals surface area contributed by atoms with Crippen molar-refractivity contribution in [3.05, 3.63) is 109 Å². The van der Waals surface area contributed by atoms with E-state index in [0.29, 0.717) is 22.7 Å². The van der Waals surface area contributed by atoms with Gasteiger partial charge in [-0.1, -0.05) is 60.7 Å². The summed E-state index contributed by atoms with van der Waals surface area (Å²) in [7, 11) is 0. The van der Waals surface area contributed by atoms with Crippen LogP contribution in [0.2, 0.25) is 0 Å². The van der Waals surface area contributed by atoms with Crippen LogP contribution in [0, 0.1) is 5.82 Å². The lowest BCUT2D eigenvalue weighted by molar-refractivity contribution is 0.102. The number of halogens is 1. The molecule has 5 nitrogen and oxygen atoms in total. The van der Waals surface area contributed by atoms with Crippen LogP contribution in [-0.4, -0.2) is 20.3 Å². The lowest BCUT2D eigenvalue weighted by atomic mass is 10.1. The summed E-state index contributed by atoms with van der Waals surface area (Å²) < 4.78 is 15.1. The number of carbonyl (C=O) groups is 1. The van der Waals surface area contributed by atoms with E-state index in [1.165, 1.54) is 24.3 Å². The molecule has 6 heteroatoms. The number of benzene rings is 3. The Hall–Kier alpha value is -4.32. The number of aromatic nitrogens is 3. The van der Waals surface area contributed by atoms with Gasteiger partial charge < -0.3 is 9.72 Å². The Bertz CT molecular complexity index is 1360. The van der Waals surface area contributed by atoms with Crippen molar-refractivity contribution in [2.45, 2.75) is 0 Å². The van der Waals surface area contributed by atoms with Crippen LogP contribution in [0.4, 0.5) is 10.2 Å². The summed E-state index contributed by atoms with van der Waals surface area (Å²) in [6, 6.07) is 24.9. The minimum absolute atomic E-state index is 0.331. The number of imidazole rings is 1. The standard InChI is InChI=1S/C25H17FN4O/c26-20-13-11-19(12-14-20)25(31)29-23-24-28-22(18-9-5-2-6-10-18)16-30(24)15-21(27-23)17-7-3-1-4-8-17/h1-16H,(H,27,29,31). The molecule has 150 valence electrons. The SMILES string of the molecule is O=C(Nc1nc(-c2ccccc2)cn2cc(-c3ccccc3)nc12)c1ccc(F)cc1. The maximum Gasteiger partial charge on any atom is 0.256 e. The van der Waals surface area contributed by atoms with Gasteiger partial charge in [-0.3, -0.25) is 4.79 Å². The molecule has 0 saturated heterocycles. The minimum atomic E-state index is -0.399. The molecule has 31 heavy (non-hydrogen) atoms. The fourth-order valence-corrected chi connectivity index (χ4v) is 3.36. The zero-order valence-electron chi connectivity index (χ0n) is 16.4. The van der Waals surface area contributed by atoms with E-state index in [0.717, 1.165) is 16.8 Å². The van der Waals surface area contributed by atoms with Gasteiger partial charge in [-0.2, -0.15) is 0 Å². The zero-order valence-corrected chi connectivity index (χ0v) is 16.4. The second-order valence-electron chi connectivity index (χ2n) is 7.02. The normalized spacial score (nSPS) is 10.9. The molecule has 2 aromatic heterocycles. The number of hydrogen-bond acceptors (Lipinski definition) is 3. The fourth-order valence-electron chi connectivity index (χ4n) is 3.36. The van der Waals surface area contributed by atoms with Crippen LogP contribution in [0.25, 0.3) is 28.2 Å². The first-order chi connectivity index (χ1) is 15.2. The van der Waals surface area contributed by atoms with Crippen LogP contribution in [0.5, 0.6) is 0 Å². The Morgan fingerprint density at radius 3 is 1.87 bits per heavy atom. The van der Waals surface area contributed by atoms with Crippen LogP contribution >= 0.6 is 0 Å². The molecule has 0 aliphatic heterocycles. The van der Waals surface area contributed by atoms with E-state index in [-0.39, 0.29) is 5.91 Å². The van der Waals surface area contributed by atoms with E-state index in [9.17, 15) is 9.18 Å².